The molecular weight excluding hydrogens is 238 g/mol. The highest BCUT2D eigenvalue weighted by Crippen LogP contribution is 2.00. The number of aromatic nitrogens is 2. The lowest BCUT2D eigenvalue weighted by Gasteiger charge is -2.01. The molecule has 0 saturated carbocycles. The summed E-state index contributed by atoms with van der Waals surface area (Å²) in [6, 6.07) is 9.92. The van der Waals surface area contributed by atoms with Gasteiger partial charge in [-0.25, -0.2) is 4.98 Å². The first-order chi connectivity index (χ1) is 9.25. The zero-order chi connectivity index (χ0) is 13.5. The molecule has 0 atom stereocenters. The van der Waals surface area contributed by atoms with Gasteiger partial charge in [0.05, 0.1) is 11.9 Å². The maximum Gasteiger partial charge on any atom is 0.271 e. The Morgan fingerprint density at radius 3 is 2.68 bits per heavy atom. The van der Waals surface area contributed by atoms with Crippen molar-refractivity contribution in [3.63, 3.8) is 0 Å². The van der Waals surface area contributed by atoms with E-state index in [-0.39, 0.29) is 5.91 Å². The number of nitrogens with zero attached hydrogens (tertiary/aromatic N) is 2. The van der Waals surface area contributed by atoms with Gasteiger partial charge in [0.1, 0.15) is 5.69 Å². The molecule has 0 aliphatic carbocycles. The third-order valence-electron chi connectivity index (χ3n) is 2.50. The molecule has 96 valence electrons. The van der Waals surface area contributed by atoms with E-state index in [1.807, 2.05) is 49.4 Å². The predicted molar refractivity (Wildman–Crippen MR) is 74.6 cm³/mol. The zero-order valence-electron chi connectivity index (χ0n) is 10.7. The molecule has 0 bridgehead atoms. The Labute approximate surface area is 112 Å². The van der Waals surface area contributed by atoms with Crippen molar-refractivity contribution in [2.24, 2.45) is 0 Å². The lowest BCUT2D eigenvalue weighted by atomic mass is 10.2. The van der Waals surface area contributed by atoms with Crippen molar-refractivity contribution in [1.29, 1.82) is 0 Å². The summed E-state index contributed by atoms with van der Waals surface area (Å²) in [5.74, 6) is -0.217. The molecule has 2 rings (SSSR count). The van der Waals surface area contributed by atoms with E-state index in [0.717, 1.165) is 11.3 Å². The molecule has 1 N–H and O–H groups in total. The van der Waals surface area contributed by atoms with Crippen LogP contribution in [0.2, 0.25) is 0 Å². The predicted octanol–water partition coefficient (Wildman–Crippen LogP) is 2.23. The quantitative estimate of drug-likeness (QED) is 0.909. The molecule has 0 radical (unpaired) electrons. The molecule has 0 saturated heterocycles. The molecule has 0 aliphatic rings. The molecule has 1 aromatic heterocycles. The molecule has 0 fully saturated rings. The number of amides is 1. The van der Waals surface area contributed by atoms with Crippen molar-refractivity contribution in [3.8, 4) is 0 Å². The first kappa shape index (κ1) is 13.0. The maximum atomic E-state index is 11.7. The van der Waals surface area contributed by atoms with E-state index in [1.54, 1.807) is 6.20 Å². The van der Waals surface area contributed by atoms with E-state index < -0.39 is 0 Å². The van der Waals surface area contributed by atoms with Crippen LogP contribution in [-0.2, 0) is 0 Å². The zero-order valence-corrected chi connectivity index (χ0v) is 10.7. The highest BCUT2D eigenvalue weighted by Gasteiger charge is 2.04. The monoisotopic (exact) mass is 253 g/mol. The number of carbonyl (C=O) groups excluding carboxylic acids is 1. The summed E-state index contributed by atoms with van der Waals surface area (Å²) in [6.45, 7) is 2.29. The van der Waals surface area contributed by atoms with Crippen molar-refractivity contribution in [2.45, 2.75) is 6.92 Å². The topological polar surface area (TPSA) is 54.9 Å². The summed E-state index contributed by atoms with van der Waals surface area (Å²) in [6.07, 6.45) is 6.91. The average molecular weight is 253 g/mol. The fourth-order valence-corrected chi connectivity index (χ4v) is 1.51. The molecule has 0 spiro atoms. The van der Waals surface area contributed by atoms with Gasteiger partial charge < -0.3 is 5.32 Å². The number of rotatable bonds is 4. The third kappa shape index (κ3) is 4.03. The Morgan fingerprint density at radius 2 is 2.00 bits per heavy atom. The number of hydrogen-bond acceptors (Lipinski definition) is 3. The van der Waals surface area contributed by atoms with E-state index >= 15 is 0 Å². The van der Waals surface area contributed by atoms with Crippen LogP contribution in [0.3, 0.4) is 0 Å². The van der Waals surface area contributed by atoms with Crippen LogP contribution in [0.5, 0.6) is 0 Å². The number of aryl methyl sites for hydroxylation is 1. The van der Waals surface area contributed by atoms with Crippen LogP contribution >= 0.6 is 0 Å². The first-order valence-corrected chi connectivity index (χ1v) is 6.04. The van der Waals surface area contributed by atoms with Crippen LogP contribution in [0.4, 0.5) is 0 Å². The molecule has 4 nitrogen and oxygen atoms in total. The SMILES string of the molecule is Cc1cnc(C(=O)NCC=Cc2ccccc2)cn1. The minimum Gasteiger partial charge on any atom is -0.347 e. The van der Waals surface area contributed by atoms with Crippen molar-refractivity contribution >= 4 is 12.0 Å². The van der Waals surface area contributed by atoms with Crippen molar-refractivity contribution in [1.82, 2.24) is 15.3 Å². The van der Waals surface area contributed by atoms with Gasteiger partial charge in [0, 0.05) is 12.7 Å². The van der Waals surface area contributed by atoms with Gasteiger partial charge in [-0.15, -0.1) is 0 Å². The van der Waals surface area contributed by atoms with Crippen molar-refractivity contribution < 1.29 is 4.79 Å². The van der Waals surface area contributed by atoms with Crippen molar-refractivity contribution in [3.05, 3.63) is 65.8 Å². The molecule has 2 aromatic rings. The molecule has 1 amide bonds. The van der Waals surface area contributed by atoms with Gasteiger partial charge in [-0.3, -0.25) is 9.78 Å². The standard InChI is InChI=1S/C15H15N3O/c1-12-10-18-14(11-17-12)15(19)16-9-5-8-13-6-3-2-4-7-13/h2-8,10-11H,9H2,1H3,(H,16,19). The van der Waals surface area contributed by atoms with Crippen LogP contribution in [0.25, 0.3) is 6.08 Å². The Hall–Kier alpha value is -2.49. The fraction of sp³-hybridized carbons (Fsp3) is 0.133. The second kappa shape index (κ2) is 6.44. The largest absolute Gasteiger partial charge is 0.347 e. The Balaban J connectivity index is 1.84. The van der Waals surface area contributed by atoms with Gasteiger partial charge >= 0.3 is 0 Å². The van der Waals surface area contributed by atoms with E-state index in [0.29, 0.717) is 12.2 Å². The average Bonchev–Trinajstić information content (AvgIpc) is 2.45. The molecular formula is C15H15N3O. The normalized spacial score (nSPS) is 10.6. The van der Waals surface area contributed by atoms with Crippen LogP contribution in [0.15, 0.2) is 48.8 Å². The minimum atomic E-state index is -0.217. The Morgan fingerprint density at radius 1 is 1.21 bits per heavy atom. The summed E-state index contributed by atoms with van der Waals surface area (Å²) in [4.78, 5) is 19.8. The fourth-order valence-electron chi connectivity index (χ4n) is 1.51. The molecule has 1 heterocycles. The smallest absolute Gasteiger partial charge is 0.271 e. The summed E-state index contributed by atoms with van der Waals surface area (Å²) in [5.41, 5.74) is 2.23. The maximum absolute atomic E-state index is 11.7. The summed E-state index contributed by atoms with van der Waals surface area (Å²) in [5, 5.41) is 2.76. The van der Waals surface area contributed by atoms with E-state index in [4.69, 9.17) is 0 Å². The molecule has 0 unspecified atom stereocenters. The van der Waals surface area contributed by atoms with Crippen LogP contribution < -0.4 is 5.32 Å². The van der Waals surface area contributed by atoms with E-state index in [1.165, 1.54) is 6.20 Å². The van der Waals surface area contributed by atoms with Gasteiger partial charge in [-0.05, 0) is 12.5 Å². The van der Waals surface area contributed by atoms with Gasteiger partial charge in [0.2, 0.25) is 0 Å². The number of carbonyl (C=O) groups is 1. The van der Waals surface area contributed by atoms with Crippen LogP contribution in [0, 0.1) is 6.92 Å². The number of benzene rings is 1. The van der Waals surface area contributed by atoms with Crippen LogP contribution in [0.1, 0.15) is 21.7 Å². The molecule has 4 heteroatoms. The summed E-state index contributed by atoms with van der Waals surface area (Å²) >= 11 is 0. The van der Waals surface area contributed by atoms with E-state index in [9.17, 15) is 4.79 Å². The van der Waals surface area contributed by atoms with Gasteiger partial charge in [0.15, 0.2) is 0 Å². The minimum absolute atomic E-state index is 0.217. The second-order valence-electron chi connectivity index (χ2n) is 4.07. The summed E-state index contributed by atoms with van der Waals surface area (Å²) < 4.78 is 0. The van der Waals surface area contributed by atoms with E-state index in [2.05, 4.69) is 15.3 Å². The number of hydrogen-bond donors (Lipinski definition) is 1. The third-order valence-corrected chi connectivity index (χ3v) is 2.50. The molecule has 19 heavy (non-hydrogen) atoms. The van der Waals surface area contributed by atoms with Crippen molar-refractivity contribution in [2.75, 3.05) is 6.54 Å². The lowest BCUT2D eigenvalue weighted by molar-refractivity contribution is 0.0952. The Kier molecular flexibility index (Phi) is 4.39. The number of nitrogens with one attached hydrogen (secondary N) is 1. The lowest BCUT2D eigenvalue weighted by Crippen LogP contribution is -2.24. The highest BCUT2D eigenvalue weighted by molar-refractivity contribution is 5.92. The van der Waals surface area contributed by atoms with Crippen LogP contribution in [-0.4, -0.2) is 22.4 Å². The second-order valence-corrected chi connectivity index (χ2v) is 4.07. The molecule has 0 aliphatic heterocycles. The van der Waals surface area contributed by atoms with Gasteiger partial charge in [0.25, 0.3) is 5.91 Å². The highest BCUT2D eigenvalue weighted by atomic mass is 16.1. The van der Waals surface area contributed by atoms with Gasteiger partial charge in [-0.1, -0.05) is 42.5 Å². The Bertz CT molecular complexity index is 562. The van der Waals surface area contributed by atoms with Gasteiger partial charge in [-0.2, -0.15) is 0 Å². The first-order valence-electron chi connectivity index (χ1n) is 6.04. The molecule has 1 aromatic carbocycles. The summed E-state index contributed by atoms with van der Waals surface area (Å²) in [7, 11) is 0.